The van der Waals surface area contributed by atoms with Crippen molar-refractivity contribution in [2.75, 3.05) is 32.7 Å². The normalized spacial score (nSPS) is 22.1. The number of urea groups is 1. The van der Waals surface area contributed by atoms with Crippen LogP contribution in [0, 0.1) is 11.7 Å². The average molecular weight is 445 g/mol. The molecule has 1 spiro atoms. The quantitative estimate of drug-likeness (QED) is 0.708. The Morgan fingerprint density at radius 2 is 1.78 bits per heavy atom. The van der Waals surface area contributed by atoms with Crippen LogP contribution in [-0.4, -0.2) is 76.8 Å². The van der Waals surface area contributed by atoms with Gasteiger partial charge in [-0.15, -0.1) is 0 Å². The summed E-state index contributed by atoms with van der Waals surface area (Å²) in [6.45, 7) is 7.90. The Morgan fingerprint density at radius 1 is 1.12 bits per heavy atom. The highest BCUT2D eigenvalue weighted by Gasteiger charge is 2.54. The predicted octanol–water partition coefficient (Wildman–Crippen LogP) is 2.40. The van der Waals surface area contributed by atoms with Crippen LogP contribution in [0.3, 0.4) is 0 Å². The van der Waals surface area contributed by atoms with Crippen molar-refractivity contribution in [1.82, 2.24) is 20.0 Å². The van der Waals surface area contributed by atoms with Crippen LogP contribution in [0.4, 0.5) is 9.18 Å². The maximum atomic E-state index is 13.9. The van der Waals surface area contributed by atoms with Gasteiger partial charge >= 0.3 is 6.03 Å². The molecule has 3 aliphatic heterocycles. The number of carbonyl (C=O) groups excluding carboxylic acids is 3. The van der Waals surface area contributed by atoms with Gasteiger partial charge in [0, 0.05) is 38.8 Å². The first-order valence-electron chi connectivity index (χ1n) is 11.7. The second-order valence-corrected chi connectivity index (χ2v) is 9.76. The van der Waals surface area contributed by atoms with E-state index in [4.69, 9.17) is 0 Å². The summed E-state index contributed by atoms with van der Waals surface area (Å²) >= 11 is 0. The monoisotopic (exact) mass is 444 g/mol. The van der Waals surface area contributed by atoms with Crippen LogP contribution in [0.1, 0.15) is 45.1 Å². The Hall–Kier alpha value is -2.48. The lowest BCUT2D eigenvalue weighted by Gasteiger charge is -2.39. The fraction of sp³-hybridized carbons (Fsp3) is 0.625. The molecule has 7 nitrogen and oxygen atoms in total. The summed E-state index contributed by atoms with van der Waals surface area (Å²) in [6.07, 6.45) is 2.41. The molecular formula is C24H33FN4O3. The number of hydrogen-bond donors (Lipinski definition) is 1. The highest BCUT2D eigenvalue weighted by atomic mass is 19.1. The molecule has 4 amide bonds. The molecule has 1 aromatic carbocycles. The van der Waals surface area contributed by atoms with Crippen LogP contribution in [0.2, 0.25) is 0 Å². The molecule has 32 heavy (non-hydrogen) atoms. The van der Waals surface area contributed by atoms with Crippen molar-refractivity contribution >= 4 is 17.8 Å². The summed E-state index contributed by atoms with van der Waals surface area (Å²) < 4.78 is 13.9. The molecule has 0 atom stereocenters. The van der Waals surface area contributed by atoms with Gasteiger partial charge in [0.05, 0.1) is 6.42 Å². The van der Waals surface area contributed by atoms with E-state index in [1.165, 1.54) is 11.0 Å². The van der Waals surface area contributed by atoms with Gasteiger partial charge in [0.25, 0.3) is 5.91 Å². The Morgan fingerprint density at radius 3 is 2.41 bits per heavy atom. The summed E-state index contributed by atoms with van der Waals surface area (Å²) in [5.74, 6) is -0.0388. The van der Waals surface area contributed by atoms with Crippen LogP contribution in [-0.2, 0) is 16.0 Å². The Labute approximate surface area is 188 Å². The molecule has 0 unspecified atom stereocenters. The molecule has 0 aliphatic carbocycles. The first kappa shape index (κ1) is 22.7. The number of imide groups is 1. The molecule has 0 saturated carbocycles. The lowest BCUT2D eigenvalue weighted by Crippen LogP contribution is -2.56. The fourth-order valence-corrected chi connectivity index (χ4v) is 5.24. The molecular weight excluding hydrogens is 411 g/mol. The SMILES string of the molecule is CC(C)CN1CCC2(CC1)NC(=O)N(C1CCN(C(=O)Cc3ccccc3F)CC1)C2=O. The molecule has 174 valence electrons. The maximum absolute atomic E-state index is 13.9. The number of carbonyl (C=O) groups is 3. The second kappa shape index (κ2) is 9.17. The molecule has 0 bridgehead atoms. The summed E-state index contributed by atoms with van der Waals surface area (Å²) in [4.78, 5) is 44.2. The number of nitrogens with zero attached hydrogens (tertiary/aromatic N) is 3. The number of hydrogen-bond acceptors (Lipinski definition) is 4. The number of rotatable bonds is 5. The van der Waals surface area contributed by atoms with Gasteiger partial charge in [-0.3, -0.25) is 14.5 Å². The summed E-state index contributed by atoms with van der Waals surface area (Å²) in [5.41, 5.74) is -0.387. The van der Waals surface area contributed by atoms with Crippen molar-refractivity contribution in [1.29, 1.82) is 0 Å². The highest BCUT2D eigenvalue weighted by Crippen LogP contribution is 2.33. The zero-order valence-corrected chi connectivity index (χ0v) is 19.0. The number of amides is 4. The molecule has 3 heterocycles. The lowest BCUT2D eigenvalue weighted by atomic mass is 9.86. The lowest BCUT2D eigenvalue weighted by molar-refractivity contribution is -0.136. The smallest absolute Gasteiger partial charge is 0.325 e. The van der Waals surface area contributed by atoms with E-state index in [-0.39, 0.29) is 36.1 Å². The third-order valence-corrected chi connectivity index (χ3v) is 7.01. The van der Waals surface area contributed by atoms with E-state index in [9.17, 15) is 18.8 Å². The van der Waals surface area contributed by atoms with E-state index in [1.54, 1.807) is 23.1 Å². The number of halogens is 1. The van der Waals surface area contributed by atoms with Crippen molar-refractivity contribution < 1.29 is 18.8 Å². The van der Waals surface area contributed by atoms with Crippen LogP contribution in [0.25, 0.3) is 0 Å². The van der Waals surface area contributed by atoms with Gasteiger partial charge in [0.2, 0.25) is 5.91 Å². The molecule has 1 aromatic rings. The fourth-order valence-electron chi connectivity index (χ4n) is 5.24. The predicted molar refractivity (Wildman–Crippen MR) is 118 cm³/mol. The first-order valence-corrected chi connectivity index (χ1v) is 11.7. The van der Waals surface area contributed by atoms with Gasteiger partial charge in [-0.2, -0.15) is 0 Å². The molecule has 4 rings (SSSR count). The largest absolute Gasteiger partial charge is 0.342 e. The highest BCUT2D eigenvalue weighted by molar-refractivity contribution is 6.07. The average Bonchev–Trinajstić information content (AvgIpc) is 3.00. The van der Waals surface area contributed by atoms with Gasteiger partial charge in [0.15, 0.2) is 0 Å². The standard InChI is InChI=1S/C24H33FN4O3/c1-17(2)16-27-13-9-24(10-14-27)22(31)29(23(32)26-24)19-7-11-28(12-8-19)21(30)15-18-5-3-4-6-20(18)25/h3-6,17,19H,7-16H2,1-2H3,(H,26,32). The number of benzene rings is 1. The minimum Gasteiger partial charge on any atom is -0.342 e. The molecule has 3 saturated heterocycles. The van der Waals surface area contributed by atoms with E-state index >= 15 is 0 Å². The third kappa shape index (κ3) is 4.51. The van der Waals surface area contributed by atoms with Gasteiger partial charge < -0.3 is 15.1 Å². The molecule has 8 heteroatoms. The van der Waals surface area contributed by atoms with E-state index in [2.05, 4.69) is 24.1 Å². The third-order valence-electron chi connectivity index (χ3n) is 7.01. The van der Waals surface area contributed by atoms with Gasteiger partial charge in [0.1, 0.15) is 11.4 Å². The minimum absolute atomic E-state index is 0.0243. The summed E-state index contributed by atoms with van der Waals surface area (Å²) in [6, 6.07) is 5.80. The Kier molecular flexibility index (Phi) is 6.51. The van der Waals surface area contributed by atoms with E-state index in [0.717, 1.165) is 19.6 Å². The van der Waals surface area contributed by atoms with Crippen molar-refractivity contribution in [2.24, 2.45) is 5.92 Å². The van der Waals surface area contributed by atoms with Crippen LogP contribution >= 0.6 is 0 Å². The first-order chi connectivity index (χ1) is 15.3. The maximum Gasteiger partial charge on any atom is 0.325 e. The van der Waals surface area contributed by atoms with Crippen molar-refractivity contribution in [3.63, 3.8) is 0 Å². The molecule has 3 aliphatic rings. The van der Waals surface area contributed by atoms with E-state index < -0.39 is 5.54 Å². The molecule has 1 N–H and O–H groups in total. The van der Waals surface area contributed by atoms with Crippen LogP contribution in [0.15, 0.2) is 24.3 Å². The van der Waals surface area contributed by atoms with Crippen molar-refractivity contribution in [3.8, 4) is 0 Å². The number of likely N-dealkylation sites (tertiary alicyclic amines) is 2. The summed E-state index contributed by atoms with van der Waals surface area (Å²) in [7, 11) is 0. The van der Waals surface area contributed by atoms with E-state index in [0.29, 0.717) is 50.3 Å². The Bertz CT molecular complexity index is 874. The van der Waals surface area contributed by atoms with Crippen molar-refractivity contribution in [3.05, 3.63) is 35.6 Å². The zero-order chi connectivity index (χ0) is 22.9. The summed E-state index contributed by atoms with van der Waals surface area (Å²) in [5, 5.41) is 3.00. The van der Waals surface area contributed by atoms with Gasteiger partial charge in [-0.05, 0) is 43.2 Å². The topological polar surface area (TPSA) is 73.0 Å². The van der Waals surface area contributed by atoms with E-state index in [1.807, 2.05) is 0 Å². The second-order valence-electron chi connectivity index (χ2n) is 9.76. The molecule has 0 radical (unpaired) electrons. The minimum atomic E-state index is -0.775. The Balaban J connectivity index is 1.33. The number of piperidine rings is 2. The molecule has 0 aromatic heterocycles. The van der Waals surface area contributed by atoms with Crippen LogP contribution < -0.4 is 5.32 Å². The van der Waals surface area contributed by atoms with Crippen LogP contribution in [0.5, 0.6) is 0 Å². The molecule has 3 fully saturated rings. The van der Waals surface area contributed by atoms with Gasteiger partial charge in [-0.25, -0.2) is 9.18 Å². The van der Waals surface area contributed by atoms with Gasteiger partial charge in [-0.1, -0.05) is 32.0 Å². The van der Waals surface area contributed by atoms with Crippen molar-refractivity contribution in [2.45, 2.75) is 57.5 Å². The number of nitrogens with one attached hydrogen (secondary N) is 1. The zero-order valence-electron chi connectivity index (χ0n) is 19.0.